The van der Waals surface area contributed by atoms with Crippen molar-refractivity contribution in [1.29, 1.82) is 0 Å². The smallest absolute Gasteiger partial charge is 0.224 e. The maximum absolute atomic E-state index is 11.3. The lowest BCUT2D eigenvalue weighted by Gasteiger charge is -2.19. The van der Waals surface area contributed by atoms with Gasteiger partial charge in [-0.25, -0.2) is 0 Å². The number of fused-ring (bicyclic) bond motifs is 1. The molecule has 1 unspecified atom stereocenters. The molecule has 0 aromatic heterocycles. The zero-order valence-electron chi connectivity index (χ0n) is 9.57. The second-order valence-electron chi connectivity index (χ2n) is 4.47. The third-order valence-corrected chi connectivity index (χ3v) is 3.17. The zero-order chi connectivity index (χ0) is 11.7. The average molecular weight is 233 g/mol. The average Bonchev–Trinajstić information content (AvgIpc) is 2.81. The van der Waals surface area contributed by atoms with E-state index < -0.39 is 0 Å². The summed E-state index contributed by atoms with van der Waals surface area (Å²) in [6.07, 6.45) is 2.47. The van der Waals surface area contributed by atoms with E-state index in [1.807, 2.05) is 18.2 Å². The van der Waals surface area contributed by atoms with Crippen LogP contribution in [0.25, 0.3) is 0 Å². The Kier molecular flexibility index (Phi) is 2.73. The van der Waals surface area contributed by atoms with Crippen LogP contribution < -0.4 is 10.1 Å². The van der Waals surface area contributed by atoms with Gasteiger partial charge in [-0.15, -0.1) is 0 Å². The molecule has 1 atom stereocenters. The van der Waals surface area contributed by atoms with E-state index in [4.69, 9.17) is 9.47 Å². The third kappa shape index (κ3) is 2.26. The third-order valence-electron chi connectivity index (χ3n) is 3.17. The molecular weight excluding hydrogens is 218 g/mol. The van der Waals surface area contributed by atoms with Crippen molar-refractivity contribution in [3.63, 3.8) is 0 Å². The van der Waals surface area contributed by atoms with Gasteiger partial charge < -0.3 is 14.8 Å². The van der Waals surface area contributed by atoms with Gasteiger partial charge in [0.2, 0.25) is 5.91 Å². The largest absolute Gasteiger partial charge is 0.488 e. The van der Waals surface area contributed by atoms with Crippen molar-refractivity contribution in [1.82, 2.24) is 0 Å². The van der Waals surface area contributed by atoms with Crippen LogP contribution in [0.15, 0.2) is 18.2 Å². The van der Waals surface area contributed by atoms with Gasteiger partial charge in [0.15, 0.2) is 0 Å². The van der Waals surface area contributed by atoms with E-state index in [-0.39, 0.29) is 12.0 Å². The first kappa shape index (κ1) is 10.6. The fourth-order valence-corrected chi connectivity index (χ4v) is 2.22. The summed E-state index contributed by atoms with van der Waals surface area (Å²) in [5.74, 6) is 0.889. The summed E-state index contributed by atoms with van der Waals surface area (Å²) < 4.78 is 11.1. The van der Waals surface area contributed by atoms with E-state index >= 15 is 0 Å². The lowest BCUT2D eigenvalue weighted by Crippen LogP contribution is -2.20. The van der Waals surface area contributed by atoms with Gasteiger partial charge in [-0.3, -0.25) is 4.79 Å². The number of rotatable bonds is 2. The summed E-state index contributed by atoms with van der Waals surface area (Å²) in [4.78, 5) is 11.3. The Balaban J connectivity index is 1.77. The summed E-state index contributed by atoms with van der Waals surface area (Å²) in [6, 6.07) is 5.90. The predicted octanol–water partition coefficient (Wildman–Crippen LogP) is 1.74. The van der Waals surface area contributed by atoms with Crippen LogP contribution in [0.1, 0.15) is 18.4 Å². The molecule has 1 saturated heterocycles. The maximum Gasteiger partial charge on any atom is 0.224 e. The second kappa shape index (κ2) is 4.37. The molecule has 1 amide bonds. The number of anilines is 1. The van der Waals surface area contributed by atoms with Crippen LogP contribution >= 0.6 is 0 Å². The molecule has 0 radical (unpaired) electrons. The Morgan fingerprint density at radius 3 is 3.12 bits per heavy atom. The fourth-order valence-electron chi connectivity index (χ4n) is 2.22. The molecule has 3 rings (SSSR count). The number of nitrogens with one attached hydrogen (secondary N) is 1. The summed E-state index contributed by atoms with van der Waals surface area (Å²) >= 11 is 0. The number of hydrogen-bond donors (Lipinski definition) is 1. The lowest BCUT2D eigenvalue weighted by molar-refractivity contribution is -0.116. The van der Waals surface area contributed by atoms with E-state index in [1.54, 1.807) is 0 Å². The highest BCUT2D eigenvalue weighted by Crippen LogP contribution is 2.28. The van der Waals surface area contributed by atoms with Crippen LogP contribution in [-0.4, -0.2) is 25.2 Å². The molecule has 2 aliphatic rings. The van der Waals surface area contributed by atoms with E-state index in [0.29, 0.717) is 13.0 Å². The molecule has 2 aliphatic heterocycles. The first-order valence-corrected chi connectivity index (χ1v) is 5.98. The van der Waals surface area contributed by atoms with Crippen LogP contribution in [-0.2, 0) is 16.0 Å². The van der Waals surface area contributed by atoms with E-state index in [0.717, 1.165) is 30.9 Å². The SMILES string of the molecule is O=C1CCc2ccc(OC3CCOC3)cc2N1. The summed E-state index contributed by atoms with van der Waals surface area (Å²) in [5, 5.41) is 2.87. The van der Waals surface area contributed by atoms with Gasteiger partial charge in [0.1, 0.15) is 11.9 Å². The minimum absolute atomic E-state index is 0.0823. The van der Waals surface area contributed by atoms with Gasteiger partial charge in [-0.1, -0.05) is 6.07 Å². The highest BCUT2D eigenvalue weighted by molar-refractivity contribution is 5.94. The standard InChI is InChI=1S/C13H15NO3/c15-13-4-2-9-1-3-10(7-12(9)14-13)17-11-5-6-16-8-11/h1,3,7,11H,2,4-6,8H2,(H,14,15). The van der Waals surface area contributed by atoms with Gasteiger partial charge >= 0.3 is 0 Å². The van der Waals surface area contributed by atoms with Crippen molar-refractivity contribution in [2.24, 2.45) is 0 Å². The highest BCUT2D eigenvalue weighted by atomic mass is 16.5. The van der Waals surface area contributed by atoms with Crippen molar-refractivity contribution in [3.05, 3.63) is 23.8 Å². The fraction of sp³-hybridized carbons (Fsp3) is 0.462. The molecule has 4 nitrogen and oxygen atoms in total. The molecule has 2 heterocycles. The molecular formula is C13H15NO3. The van der Waals surface area contributed by atoms with Crippen LogP contribution in [0.2, 0.25) is 0 Å². The number of benzene rings is 1. The van der Waals surface area contributed by atoms with Crippen LogP contribution in [0, 0.1) is 0 Å². The molecule has 1 fully saturated rings. The molecule has 1 aromatic carbocycles. The minimum atomic E-state index is 0.0823. The number of amides is 1. The minimum Gasteiger partial charge on any atom is -0.488 e. The number of aryl methyl sites for hydroxylation is 1. The maximum atomic E-state index is 11.3. The van der Waals surface area contributed by atoms with Crippen LogP contribution in [0.3, 0.4) is 0 Å². The van der Waals surface area contributed by atoms with Gasteiger partial charge in [0.05, 0.1) is 13.2 Å². The normalized spacial score (nSPS) is 23.1. The molecule has 0 bridgehead atoms. The van der Waals surface area contributed by atoms with Crippen molar-refractivity contribution >= 4 is 11.6 Å². The molecule has 1 N–H and O–H groups in total. The van der Waals surface area contributed by atoms with E-state index in [9.17, 15) is 4.79 Å². The zero-order valence-corrected chi connectivity index (χ0v) is 9.57. The number of carbonyl (C=O) groups excluding carboxylic acids is 1. The monoisotopic (exact) mass is 233 g/mol. The molecule has 90 valence electrons. The first-order valence-electron chi connectivity index (χ1n) is 5.98. The molecule has 4 heteroatoms. The van der Waals surface area contributed by atoms with Gasteiger partial charge in [-0.05, 0) is 18.1 Å². The Morgan fingerprint density at radius 1 is 1.35 bits per heavy atom. The lowest BCUT2D eigenvalue weighted by atomic mass is 10.0. The van der Waals surface area contributed by atoms with Crippen LogP contribution in [0.5, 0.6) is 5.75 Å². The molecule has 0 saturated carbocycles. The van der Waals surface area contributed by atoms with Gasteiger partial charge in [0.25, 0.3) is 0 Å². The molecule has 0 aliphatic carbocycles. The van der Waals surface area contributed by atoms with Crippen molar-refractivity contribution in [3.8, 4) is 5.75 Å². The topological polar surface area (TPSA) is 47.6 Å². The Labute approximate surface area is 99.9 Å². The van der Waals surface area contributed by atoms with E-state index in [2.05, 4.69) is 5.32 Å². The molecule has 17 heavy (non-hydrogen) atoms. The van der Waals surface area contributed by atoms with Crippen molar-refractivity contribution in [2.45, 2.75) is 25.4 Å². The summed E-state index contributed by atoms with van der Waals surface area (Å²) in [6.45, 7) is 1.43. The quantitative estimate of drug-likeness (QED) is 0.846. The number of carbonyl (C=O) groups is 1. The Bertz CT molecular complexity index is 438. The Morgan fingerprint density at radius 2 is 2.29 bits per heavy atom. The van der Waals surface area contributed by atoms with Gasteiger partial charge in [0, 0.05) is 24.6 Å². The van der Waals surface area contributed by atoms with Crippen molar-refractivity contribution in [2.75, 3.05) is 18.5 Å². The number of hydrogen-bond acceptors (Lipinski definition) is 3. The van der Waals surface area contributed by atoms with Crippen molar-refractivity contribution < 1.29 is 14.3 Å². The molecule has 0 spiro atoms. The summed E-state index contributed by atoms with van der Waals surface area (Å²) in [5.41, 5.74) is 2.07. The van der Waals surface area contributed by atoms with Gasteiger partial charge in [-0.2, -0.15) is 0 Å². The molecule has 1 aromatic rings. The second-order valence-corrected chi connectivity index (χ2v) is 4.47. The highest BCUT2D eigenvalue weighted by Gasteiger charge is 2.19. The van der Waals surface area contributed by atoms with E-state index in [1.165, 1.54) is 5.56 Å². The first-order chi connectivity index (χ1) is 8.31. The Hall–Kier alpha value is -1.55. The van der Waals surface area contributed by atoms with Crippen LogP contribution in [0.4, 0.5) is 5.69 Å². The predicted molar refractivity (Wildman–Crippen MR) is 63.2 cm³/mol. The summed E-state index contributed by atoms with van der Waals surface area (Å²) in [7, 11) is 0. The number of ether oxygens (including phenoxy) is 2.